The summed E-state index contributed by atoms with van der Waals surface area (Å²) in [5.41, 5.74) is 0.805. The first-order chi connectivity index (χ1) is 10.1. The van der Waals surface area contributed by atoms with Crippen LogP contribution >= 0.6 is 11.6 Å². The molecule has 0 radical (unpaired) electrons. The Kier molecular flexibility index (Phi) is 3.54. The van der Waals surface area contributed by atoms with Crippen molar-refractivity contribution in [3.05, 3.63) is 76.2 Å². The molecule has 3 rings (SSSR count). The number of cyclic esters (lactones) is 1. The van der Waals surface area contributed by atoms with Gasteiger partial charge in [-0.05, 0) is 30.3 Å². The van der Waals surface area contributed by atoms with Crippen molar-refractivity contribution in [1.29, 1.82) is 0 Å². The summed E-state index contributed by atoms with van der Waals surface area (Å²) >= 11 is 5.92. The number of halogens is 2. The Labute approximate surface area is 125 Å². The Morgan fingerprint density at radius 3 is 2.57 bits per heavy atom. The van der Waals surface area contributed by atoms with Crippen molar-refractivity contribution in [3.63, 3.8) is 0 Å². The monoisotopic (exact) mass is 301 g/mol. The number of rotatable bonds is 2. The van der Waals surface area contributed by atoms with E-state index < -0.39 is 11.8 Å². The second-order valence-electron chi connectivity index (χ2n) is 4.34. The maximum Gasteiger partial charge on any atom is 0.363 e. The third-order valence-electron chi connectivity index (χ3n) is 2.92. The molecule has 3 nitrogen and oxygen atoms in total. The topological polar surface area (TPSA) is 38.7 Å². The minimum Gasteiger partial charge on any atom is -0.402 e. The van der Waals surface area contributed by atoms with Crippen LogP contribution in [0.1, 0.15) is 11.1 Å². The van der Waals surface area contributed by atoms with Crippen molar-refractivity contribution in [2.45, 2.75) is 0 Å². The molecule has 0 saturated carbocycles. The number of carbonyl (C=O) groups excluding carboxylic acids is 1. The van der Waals surface area contributed by atoms with Gasteiger partial charge in [-0.25, -0.2) is 14.2 Å². The number of esters is 1. The number of hydrogen-bond donors (Lipinski definition) is 0. The second-order valence-corrected chi connectivity index (χ2v) is 4.74. The molecule has 0 N–H and O–H groups in total. The third-order valence-corrected chi connectivity index (χ3v) is 3.25. The molecule has 21 heavy (non-hydrogen) atoms. The summed E-state index contributed by atoms with van der Waals surface area (Å²) in [6.07, 6.45) is 1.29. The van der Waals surface area contributed by atoms with E-state index in [1.807, 2.05) is 6.07 Å². The van der Waals surface area contributed by atoms with E-state index in [9.17, 15) is 9.18 Å². The van der Waals surface area contributed by atoms with Gasteiger partial charge in [0.05, 0.1) is 5.02 Å². The molecule has 104 valence electrons. The molecule has 0 aromatic heterocycles. The number of hydrogen-bond acceptors (Lipinski definition) is 3. The van der Waals surface area contributed by atoms with Crippen LogP contribution in [0.3, 0.4) is 0 Å². The quantitative estimate of drug-likeness (QED) is 0.625. The molecule has 5 heteroatoms. The summed E-state index contributed by atoms with van der Waals surface area (Å²) in [7, 11) is 0. The molecular formula is C16H9ClFNO2. The predicted molar refractivity (Wildman–Crippen MR) is 78.5 cm³/mol. The van der Waals surface area contributed by atoms with Gasteiger partial charge in [0, 0.05) is 11.1 Å². The standard InChI is InChI=1S/C16H9ClFNO2/c17-12-7-4-8-13(18)11(12)9-14-16(20)21-15(19-14)10-5-2-1-3-6-10/h1-9H/b14-9+. The van der Waals surface area contributed by atoms with Crippen LogP contribution in [0.15, 0.2) is 59.2 Å². The van der Waals surface area contributed by atoms with Crippen molar-refractivity contribution in [1.82, 2.24) is 0 Å². The average molecular weight is 302 g/mol. The summed E-state index contributed by atoms with van der Waals surface area (Å²) in [4.78, 5) is 15.9. The Bertz CT molecular complexity index is 749. The van der Waals surface area contributed by atoms with E-state index in [1.165, 1.54) is 18.2 Å². The van der Waals surface area contributed by atoms with Gasteiger partial charge in [0.25, 0.3) is 0 Å². The van der Waals surface area contributed by atoms with E-state index in [1.54, 1.807) is 30.3 Å². The molecule has 1 heterocycles. The molecule has 0 bridgehead atoms. The number of carbonyl (C=O) groups is 1. The van der Waals surface area contributed by atoms with Crippen LogP contribution in [0, 0.1) is 5.82 Å². The number of nitrogens with zero attached hydrogens (tertiary/aromatic N) is 1. The van der Waals surface area contributed by atoms with Gasteiger partial charge < -0.3 is 4.74 Å². The lowest BCUT2D eigenvalue weighted by Gasteiger charge is -1.99. The van der Waals surface area contributed by atoms with E-state index in [4.69, 9.17) is 16.3 Å². The summed E-state index contributed by atoms with van der Waals surface area (Å²) < 4.78 is 18.8. The number of ether oxygens (including phenoxy) is 1. The summed E-state index contributed by atoms with van der Waals surface area (Å²) in [5.74, 6) is -0.960. The fourth-order valence-corrected chi connectivity index (χ4v) is 2.12. The van der Waals surface area contributed by atoms with Crippen LogP contribution in [-0.4, -0.2) is 11.9 Å². The molecule has 0 fully saturated rings. The van der Waals surface area contributed by atoms with Crippen molar-refractivity contribution in [3.8, 4) is 0 Å². The Hall–Kier alpha value is -2.46. The zero-order chi connectivity index (χ0) is 14.8. The van der Waals surface area contributed by atoms with Crippen LogP contribution in [0.2, 0.25) is 5.02 Å². The minimum absolute atomic E-state index is 0.0147. The molecule has 2 aromatic rings. The van der Waals surface area contributed by atoms with Gasteiger partial charge in [0.15, 0.2) is 5.70 Å². The molecule has 1 aliphatic rings. The van der Waals surface area contributed by atoms with Gasteiger partial charge in [-0.3, -0.25) is 0 Å². The Morgan fingerprint density at radius 2 is 1.86 bits per heavy atom. The first kappa shape index (κ1) is 13.5. The highest BCUT2D eigenvalue weighted by molar-refractivity contribution is 6.32. The van der Waals surface area contributed by atoms with Gasteiger partial charge in [-0.1, -0.05) is 35.9 Å². The van der Waals surface area contributed by atoms with Gasteiger partial charge in [-0.15, -0.1) is 0 Å². The third kappa shape index (κ3) is 2.71. The Morgan fingerprint density at radius 1 is 1.10 bits per heavy atom. The zero-order valence-electron chi connectivity index (χ0n) is 10.7. The van der Waals surface area contributed by atoms with Crippen molar-refractivity contribution in [2.75, 3.05) is 0 Å². The highest BCUT2D eigenvalue weighted by Gasteiger charge is 2.24. The summed E-state index contributed by atoms with van der Waals surface area (Å²) in [6, 6.07) is 13.3. The zero-order valence-corrected chi connectivity index (χ0v) is 11.5. The highest BCUT2D eigenvalue weighted by atomic mass is 35.5. The normalized spacial score (nSPS) is 16.0. The van der Waals surface area contributed by atoms with Crippen molar-refractivity contribution in [2.24, 2.45) is 4.99 Å². The van der Waals surface area contributed by atoms with Gasteiger partial charge >= 0.3 is 5.97 Å². The largest absolute Gasteiger partial charge is 0.402 e. The maximum atomic E-state index is 13.7. The molecule has 2 aromatic carbocycles. The maximum absolute atomic E-state index is 13.7. The van der Waals surface area contributed by atoms with E-state index in [0.29, 0.717) is 5.56 Å². The number of benzene rings is 2. The average Bonchev–Trinajstić information content (AvgIpc) is 2.85. The van der Waals surface area contributed by atoms with Crippen LogP contribution < -0.4 is 0 Å². The SMILES string of the molecule is O=C1OC(c2ccccc2)=N/C1=C/c1c(F)cccc1Cl. The smallest absolute Gasteiger partial charge is 0.363 e. The Balaban J connectivity index is 2.01. The first-order valence-corrected chi connectivity index (χ1v) is 6.55. The minimum atomic E-state index is -0.631. The van der Waals surface area contributed by atoms with Gasteiger partial charge in [0.1, 0.15) is 5.82 Å². The van der Waals surface area contributed by atoms with E-state index >= 15 is 0 Å². The lowest BCUT2D eigenvalue weighted by molar-refractivity contribution is -0.129. The highest BCUT2D eigenvalue weighted by Crippen LogP contribution is 2.25. The summed E-state index contributed by atoms with van der Waals surface area (Å²) in [5, 5.41) is 0.207. The van der Waals surface area contributed by atoms with Gasteiger partial charge in [-0.2, -0.15) is 0 Å². The fraction of sp³-hybridized carbons (Fsp3) is 0. The molecule has 0 amide bonds. The predicted octanol–water partition coefficient (Wildman–Crippen LogP) is 3.82. The number of aliphatic imine (C=N–C) groups is 1. The van der Waals surface area contributed by atoms with E-state index in [2.05, 4.69) is 4.99 Å². The first-order valence-electron chi connectivity index (χ1n) is 6.17. The van der Waals surface area contributed by atoms with Crippen molar-refractivity contribution >= 4 is 29.5 Å². The van der Waals surface area contributed by atoms with Crippen LogP contribution in [0.25, 0.3) is 6.08 Å². The van der Waals surface area contributed by atoms with Crippen LogP contribution in [0.5, 0.6) is 0 Å². The lowest BCUT2D eigenvalue weighted by atomic mass is 10.2. The molecule has 1 aliphatic heterocycles. The molecule has 0 unspecified atom stereocenters. The van der Waals surface area contributed by atoms with E-state index in [-0.39, 0.29) is 22.2 Å². The van der Waals surface area contributed by atoms with Crippen molar-refractivity contribution < 1.29 is 13.9 Å². The molecular weight excluding hydrogens is 293 g/mol. The molecule has 0 atom stereocenters. The molecule has 0 aliphatic carbocycles. The summed E-state index contributed by atoms with van der Waals surface area (Å²) in [6.45, 7) is 0. The second kappa shape index (κ2) is 5.50. The van der Waals surface area contributed by atoms with Crippen LogP contribution in [-0.2, 0) is 9.53 Å². The fourth-order valence-electron chi connectivity index (χ4n) is 1.90. The van der Waals surface area contributed by atoms with E-state index in [0.717, 1.165) is 0 Å². The van der Waals surface area contributed by atoms with Gasteiger partial charge in [0.2, 0.25) is 5.90 Å². The van der Waals surface area contributed by atoms with Crippen LogP contribution in [0.4, 0.5) is 4.39 Å². The lowest BCUT2D eigenvalue weighted by Crippen LogP contribution is -2.05. The molecule has 0 saturated heterocycles. The molecule has 0 spiro atoms.